The topological polar surface area (TPSA) is 38.7 Å². The molecule has 0 aromatic rings. The third kappa shape index (κ3) is 3.69. The Kier molecular flexibility index (Phi) is 5.46. The lowest BCUT2D eigenvalue weighted by molar-refractivity contribution is -0.195. The molecule has 2 aliphatic rings. The van der Waals surface area contributed by atoms with Gasteiger partial charge in [-0.3, -0.25) is 0 Å². The molecule has 0 bridgehead atoms. The van der Waals surface area contributed by atoms with Crippen LogP contribution in [-0.2, 0) is 9.47 Å². The Morgan fingerprint density at radius 3 is 2.67 bits per heavy atom. The number of rotatable bonds is 6. The van der Waals surface area contributed by atoms with Crippen LogP contribution in [0.5, 0.6) is 0 Å². The van der Waals surface area contributed by atoms with E-state index in [0.717, 1.165) is 25.7 Å². The molecule has 3 nitrogen and oxygen atoms in total. The Morgan fingerprint density at radius 2 is 1.94 bits per heavy atom. The minimum atomic E-state index is -0.344. The van der Waals surface area contributed by atoms with Crippen molar-refractivity contribution in [3.8, 4) is 0 Å². The highest BCUT2D eigenvalue weighted by Gasteiger charge is 2.44. The molecule has 1 N–H and O–H groups in total. The predicted molar refractivity (Wildman–Crippen MR) is 71.4 cm³/mol. The van der Waals surface area contributed by atoms with Crippen LogP contribution in [0, 0.1) is 0 Å². The monoisotopic (exact) mass is 256 g/mol. The maximum absolute atomic E-state index is 10.2. The molecule has 2 rings (SSSR count). The van der Waals surface area contributed by atoms with E-state index in [4.69, 9.17) is 9.47 Å². The number of ether oxygens (including phenoxy) is 2. The van der Waals surface area contributed by atoms with Crippen LogP contribution >= 0.6 is 0 Å². The lowest BCUT2D eigenvalue weighted by Gasteiger charge is -2.32. The highest BCUT2D eigenvalue weighted by atomic mass is 16.7. The predicted octanol–water partition coefficient (Wildman–Crippen LogP) is 3.39. The molecule has 1 saturated heterocycles. The molecule has 0 unspecified atom stereocenters. The van der Waals surface area contributed by atoms with E-state index in [1.807, 2.05) is 0 Å². The summed E-state index contributed by atoms with van der Waals surface area (Å²) in [6, 6.07) is 0. The van der Waals surface area contributed by atoms with Crippen LogP contribution in [-0.4, -0.2) is 29.7 Å². The molecule has 18 heavy (non-hydrogen) atoms. The molecule has 2 atom stereocenters. The van der Waals surface area contributed by atoms with Crippen LogP contribution in [0.3, 0.4) is 0 Å². The van der Waals surface area contributed by atoms with Crippen LogP contribution in [0.4, 0.5) is 0 Å². The number of hydrogen-bond acceptors (Lipinski definition) is 3. The molecule has 1 spiro atoms. The summed E-state index contributed by atoms with van der Waals surface area (Å²) in [5.41, 5.74) is 0. The summed E-state index contributed by atoms with van der Waals surface area (Å²) in [6.45, 7) is 2.78. The second-order valence-corrected chi connectivity index (χ2v) is 5.86. The molecular weight excluding hydrogens is 228 g/mol. The van der Waals surface area contributed by atoms with E-state index >= 15 is 0 Å². The first-order valence-corrected chi connectivity index (χ1v) is 7.75. The Morgan fingerprint density at radius 1 is 1.17 bits per heavy atom. The number of unbranched alkanes of at least 4 members (excludes halogenated alkanes) is 3. The van der Waals surface area contributed by atoms with Gasteiger partial charge in [0.05, 0.1) is 12.7 Å². The second kappa shape index (κ2) is 6.88. The quantitative estimate of drug-likeness (QED) is 0.740. The summed E-state index contributed by atoms with van der Waals surface area (Å²) in [7, 11) is 0. The smallest absolute Gasteiger partial charge is 0.169 e. The fourth-order valence-corrected chi connectivity index (χ4v) is 3.09. The first kappa shape index (κ1) is 14.3. The molecule has 0 amide bonds. The van der Waals surface area contributed by atoms with E-state index in [1.54, 1.807) is 0 Å². The van der Waals surface area contributed by atoms with Gasteiger partial charge in [-0.25, -0.2) is 0 Å². The lowest BCUT2D eigenvalue weighted by Crippen LogP contribution is -2.36. The summed E-state index contributed by atoms with van der Waals surface area (Å²) in [5, 5.41) is 10.2. The summed E-state index contributed by atoms with van der Waals surface area (Å²) >= 11 is 0. The molecule has 3 heteroatoms. The third-order valence-corrected chi connectivity index (χ3v) is 4.27. The third-order valence-electron chi connectivity index (χ3n) is 4.27. The van der Waals surface area contributed by atoms with Crippen molar-refractivity contribution in [2.75, 3.05) is 6.61 Å². The van der Waals surface area contributed by atoms with E-state index in [-0.39, 0.29) is 18.0 Å². The van der Waals surface area contributed by atoms with Crippen molar-refractivity contribution in [1.82, 2.24) is 0 Å². The van der Waals surface area contributed by atoms with Gasteiger partial charge in [-0.1, -0.05) is 39.0 Å². The zero-order valence-electron chi connectivity index (χ0n) is 11.7. The Balaban J connectivity index is 1.70. The van der Waals surface area contributed by atoms with Crippen molar-refractivity contribution in [2.24, 2.45) is 0 Å². The Hall–Kier alpha value is -0.120. The SMILES string of the molecule is CCCCCC[C@@H](O)[C@@H]1COC2(CCCCC2)O1. The summed E-state index contributed by atoms with van der Waals surface area (Å²) < 4.78 is 11.9. The van der Waals surface area contributed by atoms with Crippen LogP contribution < -0.4 is 0 Å². The average Bonchev–Trinajstić information content (AvgIpc) is 2.79. The maximum Gasteiger partial charge on any atom is 0.169 e. The van der Waals surface area contributed by atoms with Crippen molar-refractivity contribution in [3.05, 3.63) is 0 Å². The van der Waals surface area contributed by atoms with Crippen LogP contribution in [0.25, 0.3) is 0 Å². The zero-order chi connectivity index (χ0) is 12.8. The molecular formula is C15H28O3. The van der Waals surface area contributed by atoms with E-state index in [1.165, 1.54) is 38.5 Å². The van der Waals surface area contributed by atoms with E-state index in [9.17, 15) is 5.11 Å². The zero-order valence-corrected chi connectivity index (χ0v) is 11.7. The molecule has 1 aliphatic carbocycles. The highest BCUT2D eigenvalue weighted by Crippen LogP contribution is 2.38. The summed E-state index contributed by atoms with van der Waals surface area (Å²) in [6.07, 6.45) is 10.9. The van der Waals surface area contributed by atoms with Gasteiger partial charge in [-0.05, 0) is 19.3 Å². The van der Waals surface area contributed by atoms with E-state index in [2.05, 4.69) is 6.92 Å². The standard InChI is InChI=1S/C15H28O3/c1-2-3-4-6-9-13(16)14-12-17-15(18-14)10-7-5-8-11-15/h13-14,16H,2-12H2,1H3/t13-,14+/m1/s1. The Bertz CT molecular complexity index is 236. The molecule has 2 fully saturated rings. The van der Waals surface area contributed by atoms with Gasteiger partial charge in [-0.2, -0.15) is 0 Å². The van der Waals surface area contributed by atoms with Gasteiger partial charge in [-0.15, -0.1) is 0 Å². The summed E-state index contributed by atoms with van der Waals surface area (Å²) in [5.74, 6) is -0.340. The first-order valence-electron chi connectivity index (χ1n) is 7.75. The number of hydrogen-bond donors (Lipinski definition) is 1. The fourth-order valence-electron chi connectivity index (χ4n) is 3.09. The number of aliphatic hydroxyl groups is 1. The van der Waals surface area contributed by atoms with Crippen molar-refractivity contribution in [1.29, 1.82) is 0 Å². The van der Waals surface area contributed by atoms with Crippen LogP contribution in [0.15, 0.2) is 0 Å². The average molecular weight is 256 g/mol. The Labute approximate surface area is 111 Å². The molecule has 0 aromatic carbocycles. The maximum atomic E-state index is 10.2. The normalized spacial score (nSPS) is 28.7. The first-order chi connectivity index (χ1) is 8.76. The lowest BCUT2D eigenvalue weighted by atomic mass is 9.94. The van der Waals surface area contributed by atoms with Crippen LogP contribution in [0.1, 0.15) is 71.1 Å². The van der Waals surface area contributed by atoms with Gasteiger partial charge in [0.2, 0.25) is 0 Å². The van der Waals surface area contributed by atoms with Gasteiger partial charge in [0, 0.05) is 12.8 Å². The van der Waals surface area contributed by atoms with Gasteiger partial charge >= 0.3 is 0 Å². The largest absolute Gasteiger partial charge is 0.390 e. The van der Waals surface area contributed by atoms with Gasteiger partial charge < -0.3 is 14.6 Å². The molecule has 0 radical (unpaired) electrons. The van der Waals surface area contributed by atoms with Crippen molar-refractivity contribution < 1.29 is 14.6 Å². The van der Waals surface area contributed by atoms with Crippen molar-refractivity contribution >= 4 is 0 Å². The van der Waals surface area contributed by atoms with Gasteiger partial charge in [0.15, 0.2) is 5.79 Å². The molecule has 0 aromatic heterocycles. The molecule has 1 saturated carbocycles. The minimum Gasteiger partial charge on any atom is -0.390 e. The van der Waals surface area contributed by atoms with Crippen molar-refractivity contribution in [2.45, 2.75) is 89.1 Å². The fraction of sp³-hybridized carbons (Fsp3) is 1.00. The van der Waals surface area contributed by atoms with Gasteiger partial charge in [0.25, 0.3) is 0 Å². The molecule has 1 heterocycles. The number of aliphatic hydroxyl groups excluding tert-OH is 1. The second-order valence-electron chi connectivity index (χ2n) is 5.86. The van der Waals surface area contributed by atoms with Crippen LogP contribution in [0.2, 0.25) is 0 Å². The van der Waals surface area contributed by atoms with Crippen molar-refractivity contribution in [3.63, 3.8) is 0 Å². The van der Waals surface area contributed by atoms with Gasteiger partial charge in [0.1, 0.15) is 6.10 Å². The minimum absolute atomic E-state index is 0.0928. The molecule has 1 aliphatic heterocycles. The summed E-state index contributed by atoms with van der Waals surface area (Å²) in [4.78, 5) is 0. The van der Waals surface area contributed by atoms with E-state index in [0.29, 0.717) is 6.61 Å². The molecule has 106 valence electrons. The van der Waals surface area contributed by atoms with E-state index < -0.39 is 0 Å². The highest BCUT2D eigenvalue weighted by molar-refractivity contribution is 4.85.